The number of aromatic nitrogens is 2. The largest absolute Gasteiger partial charge is 0.365 e. The Kier molecular flexibility index (Phi) is 6.05. The molecule has 0 aliphatic carbocycles. The molecule has 2 aromatic rings. The van der Waals surface area contributed by atoms with Crippen LogP contribution in [0.4, 0.5) is 10.5 Å². The van der Waals surface area contributed by atoms with Gasteiger partial charge in [-0.2, -0.15) is 0 Å². The molecular weight excluding hydrogens is 455 g/mol. The number of carbonyl (C=O) groups is 3. The summed E-state index contributed by atoms with van der Waals surface area (Å²) >= 11 is 12.3. The number of halogens is 2. The number of anilines is 1. The molecule has 9 nitrogen and oxygen atoms in total. The Hall–Kier alpha value is -2.78. The van der Waals surface area contributed by atoms with Crippen LogP contribution in [0.1, 0.15) is 25.5 Å². The predicted molar refractivity (Wildman–Crippen MR) is 121 cm³/mol. The molecule has 1 aromatic heterocycles. The quantitative estimate of drug-likeness (QED) is 0.642. The Morgan fingerprint density at radius 3 is 2.50 bits per heavy atom. The van der Waals surface area contributed by atoms with E-state index >= 15 is 0 Å². The molecule has 1 aromatic carbocycles. The Balaban J connectivity index is 1.43. The maximum absolute atomic E-state index is 13.0. The summed E-state index contributed by atoms with van der Waals surface area (Å²) < 4.78 is 1.69. The lowest BCUT2D eigenvalue weighted by molar-refractivity contribution is -0.133. The highest BCUT2D eigenvalue weighted by molar-refractivity contribution is 6.35. The minimum absolute atomic E-state index is 0.0569. The molecule has 4 amide bonds. The fraction of sp³-hybridized carbons (Fsp3) is 0.429. The average molecular weight is 479 g/mol. The van der Waals surface area contributed by atoms with Crippen molar-refractivity contribution in [2.75, 3.05) is 24.5 Å². The minimum Gasteiger partial charge on any atom is -0.365 e. The number of nitrogens with one attached hydrogen (secondary N) is 2. The molecule has 32 heavy (non-hydrogen) atoms. The molecule has 11 heteroatoms. The van der Waals surface area contributed by atoms with E-state index in [-0.39, 0.29) is 24.8 Å². The summed E-state index contributed by atoms with van der Waals surface area (Å²) in [5, 5.41) is 6.07. The Bertz CT molecular complexity index is 1050. The number of hydrogen-bond donors (Lipinski definition) is 2. The van der Waals surface area contributed by atoms with Gasteiger partial charge in [0.25, 0.3) is 5.91 Å². The summed E-state index contributed by atoms with van der Waals surface area (Å²) in [7, 11) is 1.78. The number of hydrogen-bond acceptors (Lipinski definition) is 5. The molecule has 2 aliphatic heterocycles. The summed E-state index contributed by atoms with van der Waals surface area (Å²) in [4.78, 5) is 45.7. The number of carbonyl (C=O) groups excluding carboxylic acids is 3. The van der Waals surface area contributed by atoms with Crippen molar-refractivity contribution in [3.63, 3.8) is 0 Å². The normalized spacial score (nSPS) is 23.3. The number of piperazine rings is 1. The van der Waals surface area contributed by atoms with Crippen LogP contribution in [0.15, 0.2) is 30.7 Å². The molecule has 4 rings (SSSR count). The van der Waals surface area contributed by atoms with Gasteiger partial charge in [0.15, 0.2) is 5.54 Å². The second kappa shape index (κ2) is 8.63. The zero-order chi connectivity index (χ0) is 23.0. The molecule has 2 aliphatic rings. The van der Waals surface area contributed by atoms with Gasteiger partial charge < -0.3 is 19.7 Å². The van der Waals surface area contributed by atoms with Crippen molar-refractivity contribution in [1.29, 1.82) is 0 Å². The van der Waals surface area contributed by atoms with Crippen molar-refractivity contribution in [1.82, 2.24) is 25.1 Å². The summed E-state index contributed by atoms with van der Waals surface area (Å²) in [5.41, 5.74) is -0.0207. The zero-order valence-corrected chi connectivity index (χ0v) is 19.3. The van der Waals surface area contributed by atoms with Gasteiger partial charge in [-0.1, -0.05) is 23.2 Å². The monoisotopic (exact) mass is 478 g/mol. The van der Waals surface area contributed by atoms with Crippen molar-refractivity contribution in [2.24, 2.45) is 7.05 Å². The zero-order valence-electron chi connectivity index (χ0n) is 17.8. The van der Waals surface area contributed by atoms with E-state index in [1.807, 2.05) is 19.1 Å². The van der Waals surface area contributed by atoms with Crippen LogP contribution in [-0.2, 0) is 22.2 Å². The highest BCUT2D eigenvalue weighted by Crippen LogP contribution is 2.31. The Morgan fingerprint density at radius 1 is 1.22 bits per heavy atom. The number of imidazole rings is 1. The molecule has 0 bridgehead atoms. The first-order chi connectivity index (χ1) is 15.2. The fourth-order valence-corrected chi connectivity index (χ4v) is 4.85. The summed E-state index contributed by atoms with van der Waals surface area (Å²) in [6.07, 6.45) is 3.45. The molecule has 3 heterocycles. The Labute approximate surface area is 195 Å². The van der Waals surface area contributed by atoms with E-state index in [0.29, 0.717) is 35.4 Å². The van der Waals surface area contributed by atoms with Gasteiger partial charge in [-0.15, -0.1) is 0 Å². The van der Waals surface area contributed by atoms with E-state index in [9.17, 15) is 14.4 Å². The molecule has 2 N–H and O–H groups in total. The first-order valence-corrected chi connectivity index (χ1v) is 11.1. The van der Waals surface area contributed by atoms with E-state index in [0.717, 1.165) is 5.69 Å². The minimum atomic E-state index is -1.35. The van der Waals surface area contributed by atoms with Crippen LogP contribution in [-0.4, -0.2) is 58.0 Å². The lowest BCUT2D eigenvalue weighted by Crippen LogP contribution is -2.54. The third-order valence-corrected chi connectivity index (χ3v) is 6.39. The average Bonchev–Trinajstić information content (AvgIpc) is 3.28. The number of nitrogens with zero attached hydrogens (tertiary/aromatic N) is 4. The lowest BCUT2D eigenvalue weighted by atomic mass is 9.89. The second-order valence-corrected chi connectivity index (χ2v) is 9.12. The lowest BCUT2D eigenvalue weighted by Gasteiger charge is -2.41. The van der Waals surface area contributed by atoms with Crippen LogP contribution < -0.4 is 15.5 Å². The number of rotatable bonds is 5. The molecule has 1 unspecified atom stereocenters. The van der Waals surface area contributed by atoms with E-state index in [1.165, 1.54) is 0 Å². The smallest absolute Gasteiger partial charge is 0.322 e. The molecular formula is C21H24Cl2N6O3. The van der Waals surface area contributed by atoms with Crippen LogP contribution in [0, 0.1) is 0 Å². The predicted octanol–water partition coefficient (Wildman–Crippen LogP) is 2.28. The summed E-state index contributed by atoms with van der Waals surface area (Å²) in [5.74, 6) is -0.574. The first-order valence-electron chi connectivity index (χ1n) is 10.3. The molecule has 2 atom stereocenters. The highest BCUT2D eigenvalue weighted by Gasteiger charge is 2.49. The number of urea groups is 1. The second-order valence-electron chi connectivity index (χ2n) is 8.25. The van der Waals surface area contributed by atoms with Crippen molar-refractivity contribution in [2.45, 2.75) is 31.3 Å². The SMILES string of the molecule is C[C@H]1CN(C(=O)CCC2(c3cn(C)cn3)NC(=O)NC2=O)CCN1c1cc(Cl)cc(Cl)c1. The maximum Gasteiger partial charge on any atom is 0.322 e. The van der Waals surface area contributed by atoms with Gasteiger partial charge in [0, 0.05) is 61.1 Å². The molecule has 0 saturated carbocycles. The van der Waals surface area contributed by atoms with Gasteiger partial charge in [-0.05, 0) is 31.5 Å². The van der Waals surface area contributed by atoms with Crippen LogP contribution in [0.5, 0.6) is 0 Å². The van der Waals surface area contributed by atoms with Crippen LogP contribution >= 0.6 is 23.2 Å². The van der Waals surface area contributed by atoms with E-state index in [4.69, 9.17) is 23.2 Å². The van der Waals surface area contributed by atoms with Crippen LogP contribution in [0.2, 0.25) is 10.0 Å². The van der Waals surface area contributed by atoms with Gasteiger partial charge in [0.2, 0.25) is 5.91 Å². The molecule has 170 valence electrons. The van der Waals surface area contributed by atoms with E-state index in [1.54, 1.807) is 35.1 Å². The third kappa shape index (κ3) is 4.27. The highest BCUT2D eigenvalue weighted by atomic mass is 35.5. The van der Waals surface area contributed by atoms with Gasteiger partial charge >= 0.3 is 6.03 Å². The fourth-order valence-electron chi connectivity index (χ4n) is 4.33. The van der Waals surface area contributed by atoms with E-state index in [2.05, 4.69) is 20.5 Å². The van der Waals surface area contributed by atoms with Crippen molar-refractivity contribution < 1.29 is 14.4 Å². The van der Waals surface area contributed by atoms with Gasteiger partial charge in [0.05, 0.1) is 12.0 Å². The first kappa shape index (κ1) is 22.4. The van der Waals surface area contributed by atoms with Gasteiger partial charge in [-0.25, -0.2) is 9.78 Å². The number of benzene rings is 1. The number of imide groups is 1. The standard InChI is InChI=1S/C21H24Cl2N6O3/c1-13-10-28(5-6-29(13)16-8-14(22)7-15(23)9-16)18(30)3-4-21(17-11-27(2)12-24-17)19(31)25-20(32)26-21/h7-9,11-13H,3-6,10H2,1-2H3,(H2,25,26,31,32)/t13-,21?/m0/s1. The molecule has 2 fully saturated rings. The third-order valence-electron chi connectivity index (χ3n) is 5.96. The topological polar surface area (TPSA) is 99.6 Å². The number of aryl methyl sites for hydroxylation is 1. The number of amides is 4. The van der Waals surface area contributed by atoms with Gasteiger partial charge in [0.1, 0.15) is 0 Å². The maximum atomic E-state index is 13.0. The van der Waals surface area contributed by atoms with Crippen LogP contribution in [0.25, 0.3) is 0 Å². The van der Waals surface area contributed by atoms with E-state index < -0.39 is 17.5 Å². The summed E-state index contributed by atoms with van der Waals surface area (Å²) in [6.45, 7) is 3.72. The Morgan fingerprint density at radius 2 is 1.94 bits per heavy atom. The molecule has 2 saturated heterocycles. The molecule has 0 radical (unpaired) electrons. The summed E-state index contributed by atoms with van der Waals surface area (Å²) in [6, 6.07) is 4.88. The van der Waals surface area contributed by atoms with Crippen molar-refractivity contribution >= 4 is 46.7 Å². The van der Waals surface area contributed by atoms with Crippen molar-refractivity contribution in [3.8, 4) is 0 Å². The van der Waals surface area contributed by atoms with Crippen LogP contribution in [0.3, 0.4) is 0 Å². The van der Waals surface area contributed by atoms with Crippen molar-refractivity contribution in [3.05, 3.63) is 46.5 Å². The molecule has 0 spiro atoms. The van der Waals surface area contributed by atoms with Gasteiger partial charge in [-0.3, -0.25) is 14.9 Å².